The van der Waals surface area contributed by atoms with Gasteiger partial charge in [0.25, 0.3) is 0 Å². The van der Waals surface area contributed by atoms with Crippen LogP contribution in [0.25, 0.3) is 0 Å². The molecular weight excluding hydrogens is 316 g/mol. The molecule has 1 aliphatic rings. The Kier molecular flexibility index (Phi) is 5.98. The number of unbranched alkanes of at least 4 members (excludes halogenated alkanes) is 1. The van der Waals surface area contributed by atoms with Gasteiger partial charge in [-0.15, -0.1) is 0 Å². The highest BCUT2D eigenvalue weighted by Gasteiger charge is 2.27. The van der Waals surface area contributed by atoms with Gasteiger partial charge in [0, 0.05) is 36.1 Å². The van der Waals surface area contributed by atoms with Crippen molar-refractivity contribution >= 4 is 17.7 Å². The Morgan fingerprint density at radius 2 is 2.00 bits per heavy atom. The third kappa shape index (κ3) is 5.01. The molecule has 0 atom stereocenters. The summed E-state index contributed by atoms with van der Waals surface area (Å²) in [6.45, 7) is 2.16. The molecule has 0 spiro atoms. The van der Waals surface area contributed by atoms with Gasteiger partial charge >= 0.3 is 0 Å². The summed E-state index contributed by atoms with van der Waals surface area (Å²) < 4.78 is 0. The largest absolute Gasteiger partial charge is 0.351 e. The van der Waals surface area contributed by atoms with E-state index in [9.17, 15) is 4.79 Å². The number of anilines is 2. The lowest BCUT2D eigenvalue weighted by Crippen LogP contribution is -2.32. The summed E-state index contributed by atoms with van der Waals surface area (Å²) in [6, 6.07) is 4.07. The Labute approximate surface area is 148 Å². The number of H-pyrrole nitrogens is 1. The number of aromatic amines is 1. The van der Waals surface area contributed by atoms with Gasteiger partial charge in [0.05, 0.1) is 0 Å². The number of hydrogen-bond acceptors (Lipinski definition) is 5. The average molecular weight is 342 g/mol. The van der Waals surface area contributed by atoms with E-state index in [1.807, 2.05) is 6.07 Å². The first kappa shape index (κ1) is 17.4. The van der Waals surface area contributed by atoms with Crippen LogP contribution >= 0.6 is 0 Å². The minimum Gasteiger partial charge on any atom is -0.351 e. The van der Waals surface area contributed by atoms with Crippen molar-refractivity contribution in [2.24, 2.45) is 5.92 Å². The molecule has 0 radical (unpaired) electrons. The van der Waals surface area contributed by atoms with Crippen LogP contribution in [-0.4, -0.2) is 32.1 Å². The fourth-order valence-corrected chi connectivity index (χ4v) is 3.21. The van der Waals surface area contributed by atoms with E-state index in [-0.39, 0.29) is 11.8 Å². The molecule has 1 fully saturated rings. The van der Waals surface area contributed by atoms with Gasteiger partial charge in [0.2, 0.25) is 11.9 Å². The summed E-state index contributed by atoms with van der Waals surface area (Å²) >= 11 is 0. The maximum absolute atomic E-state index is 12.4. The molecule has 3 N–H and O–H groups in total. The Morgan fingerprint density at radius 3 is 2.72 bits per heavy atom. The van der Waals surface area contributed by atoms with Gasteiger partial charge in [-0.1, -0.05) is 13.3 Å². The number of amides is 1. The lowest BCUT2D eigenvalue weighted by Gasteiger charge is -2.28. The molecule has 7 nitrogen and oxygen atoms in total. The van der Waals surface area contributed by atoms with E-state index in [4.69, 9.17) is 0 Å². The lowest BCUT2D eigenvalue weighted by molar-refractivity contribution is -0.120. The van der Waals surface area contributed by atoms with Crippen LogP contribution in [0.2, 0.25) is 0 Å². The van der Waals surface area contributed by atoms with E-state index in [0.29, 0.717) is 17.8 Å². The second-order valence-corrected chi connectivity index (χ2v) is 6.64. The van der Waals surface area contributed by atoms with Crippen LogP contribution in [0.5, 0.6) is 0 Å². The van der Waals surface area contributed by atoms with E-state index in [2.05, 4.69) is 37.7 Å². The van der Waals surface area contributed by atoms with Crippen LogP contribution in [-0.2, 0) is 11.2 Å². The molecule has 134 valence electrons. The van der Waals surface area contributed by atoms with Crippen LogP contribution < -0.4 is 10.6 Å². The summed E-state index contributed by atoms with van der Waals surface area (Å²) in [5.74, 6) is 1.41. The van der Waals surface area contributed by atoms with Crippen LogP contribution in [0.15, 0.2) is 24.5 Å². The van der Waals surface area contributed by atoms with Crippen LogP contribution in [0.3, 0.4) is 0 Å². The minimum absolute atomic E-state index is 0.0468. The van der Waals surface area contributed by atoms with Crippen LogP contribution in [0.1, 0.15) is 51.1 Å². The Bertz CT molecular complexity index is 663. The normalized spacial score (nSPS) is 20.2. The molecule has 0 bridgehead atoms. The van der Waals surface area contributed by atoms with E-state index in [1.54, 1.807) is 18.5 Å². The molecule has 0 unspecified atom stereocenters. The maximum Gasteiger partial charge on any atom is 0.228 e. The Balaban J connectivity index is 1.44. The molecule has 1 amide bonds. The fraction of sp³-hybridized carbons (Fsp3) is 0.556. The van der Waals surface area contributed by atoms with Crippen molar-refractivity contribution in [2.45, 2.75) is 57.9 Å². The Hall–Kier alpha value is -2.44. The number of nitrogens with zero attached hydrogens (tertiary/aromatic N) is 3. The second kappa shape index (κ2) is 8.60. The van der Waals surface area contributed by atoms with Gasteiger partial charge in [-0.25, -0.2) is 9.97 Å². The quantitative estimate of drug-likeness (QED) is 0.718. The molecule has 1 saturated carbocycles. The smallest absolute Gasteiger partial charge is 0.228 e. The topological polar surface area (TPSA) is 95.6 Å². The van der Waals surface area contributed by atoms with E-state index >= 15 is 0 Å². The zero-order valence-electron chi connectivity index (χ0n) is 14.7. The molecule has 2 heterocycles. The molecule has 0 saturated heterocycles. The molecule has 2 aromatic heterocycles. The zero-order chi connectivity index (χ0) is 17.5. The third-order valence-electron chi connectivity index (χ3n) is 4.68. The maximum atomic E-state index is 12.4. The zero-order valence-corrected chi connectivity index (χ0v) is 14.7. The molecular formula is C18H26N6O. The summed E-state index contributed by atoms with van der Waals surface area (Å²) in [7, 11) is 0. The minimum atomic E-state index is 0.0468. The van der Waals surface area contributed by atoms with Gasteiger partial charge in [0.15, 0.2) is 5.82 Å². The highest BCUT2D eigenvalue weighted by Crippen LogP contribution is 2.27. The standard InChI is InChI=1S/C18H26N6O/c1-2-3-5-15-12-16(24-23-15)22-17(25)13-6-8-14(9-7-13)21-18-19-10-4-11-20-18/h4,10-14H,2-3,5-9H2,1H3,(H,19,20,21)(H2,22,23,24,25). The van der Waals surface area contributed by atoms with Crippen molar-refractivity contribution in [1.82, 2.24) is 20.2 Å². The average Bonchev–Trinajstić information content (AvgIpc) is 3.08. The monoisotopic (exact) mass is 342 g/mol. The SMILES string of the molecule is CCCCc1cc(NC(=O)C2CCC(Nc3ncccn3)CC2)n[nH]1. The predicted molar refractivity (Wildman–Crippen MR) is 97.2 cm³/mol. The van der Waals surface area contributed by atoms with Crippen molar-refractivity contribution in [2.75, 3.05) is 10.6 Å². The van der Waals surface area contributed by atoms with Gasteiger partial charge in [0.1, 0.15) is 0 Å². The summed E-state index contributed by atoms with van der Waals surface area (Å²) in [5.41, 5.74) is 1.08. The molecule has 1 aliphatic carbocycles. The fourth-order valence-electron chi connectivity index (χ4n) is 3.21. The van der Waals surface area contributed by atoms with Gasteiger partial charge in [-0.2, -0.15) is 5.10 Å². The number of carbonyl (C=O) groups excluding carboxylic acids is 1. The number of carbonyl (C=O) groups is 1. The molecule has 7 heteroatoms. The van der Waals surface area contributed by atoms with Gasteiger partial charge < -0.3 is 10.6 Å². The molecule has 0 aromatic carbocycles. The number of aryl methyl sites for hydroxylation is 1. The molecule has 3 rings (SSSR count). The number of rotatable bonds is 7. The summed E-state index contributed by atoms with van der Waals surface area (Å²) in [4.78, 5) is 20.8. The first-order valence-corrected chi connectivity index (χ1v) is 9.13. The lowest BCUT2D eigenvalue weighted by atomic mass is 9.85. The van der Waals surface area contributed by atoms with Gasteiger partial charge in [-0.3, -0.25) is 9.89 Å². The van der Waals surface area contributed by atoms with Crippen molar-refractivity contribution in [1.29, 1.82) is 0 Å². The summed E-state index contributed by atoms with van der Waals surface area (Å²) in [6.07, 6.45) is 10.3. The molecule has 0 aliphatic heterocycles. The van der Waals surface area contributed by atoms with Crippen molar-refractivity contribution < 1.29 is 4.79 Å². The summed E-state index contributed by atoms with van der Waals surface area (Å²) in [5, 5.41) is 13.5. The number of nitrogens with one attached hydrogen (secondary N) is 3. The molecule has 2 aromatic rings. The van der Waals surface area contributed by atoms with Crippen molar-refractivity contribution in [3.8, 4) is 0 Å². The van der Waals surface area contributed by atoms with E-state index < -0.39 is 0 Å². The first-order valence-electron chi connectivity index (χ1n) is 9.13. The van der Waals surface area contributed by atoms with E-state index in [1.165, 1.54) is 0 Å². The van der Waals surface area contributed by atoms with Gasteiger partial charge in [-0.05, 0) is 44.6 Å². The second-order valence-electron chi connectivity index (χ2n) is 6.64. The predicted octanol–water partition coefficient (Wildman–Crippen LogP) is 3.15. The van der Waals surface area contributed by atoms with Crippen molar-refractivity contribution in [3.05, 3.63) is 30.2 Å². The van der Waals surface area contributed by atoms with Crippen LogP contribution in [0, 0.1) is 5.92 Å². The third-order valence-corrected chi connectivity index (χ3v) is 4.68. The van der Waals surface area contributed by atoms with E-state index in [0.717, 1.165) is 50.6 Å². The van der Waals surface area contributed by atoms with Crippen molar-refractivity contribution in [3.63, 3.8) is 0 Å². The number of aromatic nitrogens is 4. The Morgan fingerprint density at radius 1 is 1.24 bits per heavy atom. The highest BCUT2D eigenvalue weighted by molar-refractivity contribution is 5.91. The number of hydrogen-bond donors (Lipinski definition) is 3. The first-order chi connectivity index (χ1) is 12.2. The van der Waals surface area contributed by atoms with Crippen LogP contribution in [0.4, 0.5) is 11.8 Å². The highest BCUT2D eigenvalue weighted by atomic mass is 16.2. The molecule has 25 heavy (non-hydrogen) atoms.